The van der Waals surface area contributed by atoms with E-state index in [1.807, 2.05) is 12.1 Å². The first-order valence-corrected chi connectivity index (χ1v) is 5.66. The van der Waals surface area contributed by atoms with Gasteiger partial charge in [0.05, 0.1) is 18.9 Å². The molecular formula is C12H17NO3. The minimum absolute atomic E-state index is 0.0277. The normalized spacial score (nSPS) is 20.9. The summed E-state index contributed by atoms with van der Waals surface area (Å²) in [5.41, 5.74) is 1.68. The summed E-state index contributed by atoms with van der Waals surface area (Å²) in [6.07, 6.45) is 4.85. The van der Waals surface area contributed by atoms with Gasteiger partial charge in [0.15, 0.2) is 6.29 Å². The van der Waals surface area contributed by atoms with Crippen LogP contribution in [0, 0.1) is 0 Å². The summed E-state index contributed by atoms with van der Waals surface area (Å²) in [7, 11) is 0. The molecule has 0 spiro atoms. The van der Waals surface area contributed by atoms with E-state index < -0.39 is 0 Å². The van der Waals surface area contributed by atoms with Crippen LogP contribution in [0.5, 0.6) is 0 Å². The molecule has 1 aromatic rings. The van der Waals surface area contributed by atoms with Gasteiger partial charge in [0.2, 0.25) is 0 Å². The molecular weight excluding hydrogens is 206 g/mol. The molecule has 0 amide bonds. The predicted octanol–water partition coefficient (Wildman–Crippen LogP) is 1.62. The minimum Gasteiger partial charge on any atom is -0.392 e. The Labute approximate surface area is 95.2 Å². The first kappa shape index (κ1) is 11.5. The molecule has 4 nitrogen and oxygen atoms in total. The zero-order chi connectivity index (χ0) is 11.2. The predicted molar refractivity (Wildman–Crippen MR) is 58.5 cm³/mol. The number of hydrogen-bond acceptors (Lipinski definition) is 4. The van der Waals surface area contributed by atoms with Crippen LogP contribution in [-0.4, -0.2) is 23.0 Å². The number of aliphatic hydroxyl groups excluding tert-OH is 1. The summed E-state index contributed by atoms with van der Waals surface area (Å²) in [5, 5.41) is 8.87. The number of pyridine rings is 1. The van der Waals surface area contributed by atoms with Gasteiger partial charge in [0, 0.05) is 12.8 Å². The Kier molecular flexibility index (Phi) is 4.27. The molecule has 4 heteroatoms. The molecule has 1 aliphatic heterocycles. The van der Waals surface area contributed by atoms with Crippen molar-refractivity contribution in [3.05, 3.63) is 29.6 Å². The summed E-state index contributed by atoms with van der Waals surface area (Å²) >= 11 is 0. The number of rotatable bonds is 4. The maximum Gasteiger partial charge on any atom is 0.158 e. The number of nitrogens with zero attached hydrogens (tertiary/aromatic N) is 1. The van der Waals surface area contributed by atoms with Gasteiger partial charge in [-0.3, -0.25) is 4.98 Å². The van der Waals surface area contributed by atoms with Gasteiger partial charge < -0.3 is 14.6 Å². The summed E-state index contributed by atoms with van der Waals surface area (Å²) in [6.45, 7) is 1.29. The van der Waals surface area contributed by atoms with Gasteiger partial charge in [-0.25, -0.2) is 0 Å². The monoisotopic (exact) mass is 223 g/mol. The third-order valence-corrected chi connectivity index (χ3v) is 2.62. The van der Waals surface area contributed by atoms with Gasteiger partial charge >= 0.3 is 0 Å². The van der Waals surface area contributed by atoms with E-state index in [2.05, 4.69) is 4.98 Å². The fraction of sp³-hybridized carbons (Fsp3) is 0.583. The highest BCUT2D eigenvalue weighted by Gasteiger charge is 2.13. The molecule has 1 aromatic heterocycles. The molecule has 0 radical (unpaired) electrons. The van der Waals surface area contributed by atoms with Gasteiger partial charge in [0.1, 0.15) is 0 Å². The van der Waals surface area contributed by atoms with Crippen molar-refractivity contribution in [2.24, 2.45) is 0 Å². The van der Waals surface area contributed by atoms with E-state index in [0.717, 1.165) is 30.7 Å². The number of aliphatic hydroxyl groups is 1. The Balaban J connectivity index is 1.79. The Morgan fingerprint density at radius 3 is 3.00 bits per heavy atom. The van der Waals surface area contributed by atoms with E-state index >= 15 is 0 Å². The molecule has 1 atom stereocenters. The third-order valence-electron chi connectivity index (χ3n) is 2.62. The van der Waals surface area contributed by atoms with Gasteiger partial charge in [-0.05, 0) is 30.9 Å². The van der Waals surface area contributed by atoms with E-state index in [9.17, 15) is 0 Å². The van der Waals surface area contributed by atoms with Gasteiger partial charge in [0.25, 0.3) is 0 Å². The topological polar surface area (TPSA) is 51.6 Å². The number of ether oxygens (including phenoxy) is 2. The Morgan fingerprint density at radius 2 is 2.38 bits per heavy atom. The smallest absolute Gasteiger partial charge is 0.158 e. The van der Waals surface area contributed by atoms with Crippen molar-refractivity contribution in [1.82, 2.24) is 4.98 Å². The molecule has 16 heavy (non-hydrogen) atoms. The highest BCUT2D eigenvalue weighted by molar-refractivity contribution is 5.12. The SMILES string of the molecule is OCc1ccc(COC2CCCCO2)nc1. The molecule has 0 saturated carbocycles. The lowest BCUT2D eigenvalue weighted by Crippen LogP contribution is -2.22. The zero-order valence-electron chi connectivity index (χ0n) is 9.26. The molecule has 1 aliphatic rings. The Morgan fingerprint density at radius 1 is 1.44 bits per heavy atom. The molecule has 0 bridgehead atoms. The van der Waals surface area contributed by atoms with Crippen molar-refractivity contribution in [3.63, 3.8) is 0 Å². The van der Waals surface area contributed by atoms with Crippen molar-refractivity contribution in [2.75, 3.05) is 6.61 Å². The van der Waals surface area contributed by atoms with Gasteiger partial charge in [-0.15, -0.1) is 0 Å². The van der Waals surface area contributed by atoms with Crippen LogP contribution in [0.15, 0.2) is 18.3 Å². The van der Waals surface area contributed by atoms with Crippen LogP contribution >= 0.6 is 0 Å². The molecule has 1 unspecified atom stereocenters. The standard InChI is InChI=1S/C12H17NO3/c14-8-10-4-5-11(13-7-10)9-16-12-3-1-2-6-15-12/h4-5,7,12,14H,1-3,6,8-9H2. The minimum atomic E-state index is -0.0759. The lowest BCUT2D eigenvalue weighted by Gasteiger charge is -2.22. The summed E-state index contributed by atoms with van der Waals surface area (Å²) in [6, 6.07) is 3.72. The highest BCUT2D eigenvalue weighted by Crippen LogP contribution is 2.15. The number of hydrogen-bond donors (Lipinski definition) is 1. The second-order valence-corrected chi connectivity index (χ2v) is 3.92. The number of aromatic nitrogens is 1. The second-order valence-electron chi connectivity index (χ2n) is 3.92. The molecule has 1 N–H and O–H groups in total. The van der Waals surface area contributed by atoms with E-state index in [0.29, 0.717) is 6.61 Å². The molecule has 0 aliphatic carbocycles. The first-order chi connectivity index (χ1) is 7.88. The van der Waals surface area contributed by atoms with Crippen molar-refractivity contribution < 1.29 is 14.6 Å². The summed E-state index contributed by atoms with van der Waals surface area (Å²) in [5.74, 6) is 0. The van der Waals surface area contributed by atoms with Crippen molar-refractivity contribution >= 4 is 0 Å². The third kappa shape index (κ3) is 3.27. The van der Waals surface area contributed by atoms with Crippen molar-refractivity contribution in [2.45, 2.75) is 38.8 Å². The fourth-order valence-electron chi connectivity index (χ4n) is 1.65. The molecule has 0 aromatic carbocycles. The van der Waals surface area contributed by atoms with E-state index in [1.165, 1.54) is 6.42 Å². The van der Waals surface area contributed by atoms with Crippen LogP contribution in [0.4, 0.5) is 0 Å². The molecule has 1 fully saturated rings. The zero-order valence-corrected chi connectivity index (χ0v) is 9.26. The van der Waals surface area contributed by atoms with E-state index in [4.69, 9.17) is 14.6 Å². The van der Waals surface area contributed by atoms with Crippen LogP contribution in [0.3, 0.4) is 0 Å². The molecule has 2 rings (SSSR count). The second kappa shape index (κ2) is 5.94. The van der Waals surface area contributed by atoms with Crippen LogP contribution < -0.4 is 0 Å². The Hall–Kier alpha value is -0.970. The van der Waals surface area contributed by atoms with Gasteiger partial charge in [-0.1, -0.05) is 6.07 Å². The maximum absolute atomic E-state index is 8.87. The van der Waals surface area contributed by atoms with E-state index in [1.54, 1.807) is 6.20 Å². The van der Waals surface area contributed by atoms with Crippen molar-refractivity contribution in [3.8, 4) is 0 Å². The largest absolute Gasteiger partial charge is 0.392 e. The molecule has 88 valence electrons. The highest BCUT2D eigenvalue weighted by atomic mass is 16.7. The molecule has 2 heterocycles. The van der Waals surface area contributed by atoms with Crippen LogP contribution in [0.2, 0.25) is 0 Å². The van der Waals surface area contributed by atoms with Crippen LogP contribution in [0.1, 0.15) is 30.5 Å². The van der Waals surface area contributed by atoms with Crippen LogP contribution in [0.25, 0.3) is 0 Å². The van der Waals surface area contributed by atoms with Gasteiger partial charge in [-0.2, -0.15) is 0 Å². The first-order valence-electron chi connectivity index (χ1n) is 5.66. The van der Waals surface area contributed by atoms with E-state index in [-0.39, 0.29) is 12.9 Å². The fourth-order valence-corrected chi connectivity index (χ4v) is 1.65. The maximum atomic E-state index is 8.87. The lowest BCUT2D eigenvalue weighted by atomic mass is 10.2. The Bertz CT molecular complexity index is 307. The van der Waals surface area contributed by atoms with Crippen LogP contribution in [-0.2, 0) is 22.7 Å². The summed E-state index contributed by atoms with van der Waals surface area (Å²) < 4.78 is 11.0. The average molecular weight is 223 g/mol. The van der Waals surface area contributed by atoms with Crippen molar-refractivity contribution in [1.29, 1.82) is 0 Å². The average Bonchev–Trinajstić information content (AvgIpc) is 2.38. The quantitative estimate of drug-likeness (QED) is 0.842. The lowest BCUT2D eigenvalue weighted by molar-refractivity contribution is -0.169. The molecule has 1 saturated heterocycles. The summed E-state index contributed by atoms with van der Waals surface area (Å²) in [4.78, 5) is 4.19.